The molecule has 1 aromatic rings. The Morgan fingerprint density at radius 3 is 2.94 bits per heavy atom. The van der Waals surface area contributed by atoms with Crippen LogP contribution in [-0.2, 0) is 0 Å². The summed E-state index contributed by atoms with van der Waals surface area (Å²) in [5, 5.41) is 13.9. The highest BCUT2D eigenvalue weighted by atomic mass is 16.1. The van der Waals surface area contributed by atoms with Gasteiger partial charge >= 0.3 is 0 Å². The van der Waals surface area contributed by atoms with Crippen LogP contribution in [0.15, 0.2) is 12.1 Å². The zero-order chi connectivity index (χ0) is 12.3. The van der Waals surface area contributed by atoms with Gasteiger partial charge in [-0.1, -0.05) is 0 Å². The van der Waals surface area contributed by atoms with Gasteiger partial charge in [-0.05, 0) is 19.1 Å². The number of carbonyl (C=O) groups excluding carboxylic acids is 1. The third kappa shape index (κ3) is 2.71. The maximum Gasteiger partial charge on any atom is 0.271 e. The lowest BCUT2D eigenvalue weighted by Crippen LogP contribution is -2.49. The fraction of sp³-hybridized carbons (Fsp3) is 0.545. The van der Waals surface area contributed by atoms with Crippen molar-refractivity contribution in [2.24, 2.45) is 0 Å². The van der Waals surface area contributed by atoms with E-state index in [1.54, 1.807) is 13.1 Å². The first kappa shape index (κ1) is 11.8. The predicted molar refractivity (Wildman–Crippen MR) is 65.1 cm³/mol. The number of piperazine rings is 1. The summed E-state index contributed by atoms with van der Waals surface area (Å²) in [6.07, 6.45) is 0. The van der Waals surface area contributed by atoms with Crippen LogP contribution < -0.4 is 15.5 Å². The van der Waals surface area contributed by atoms with Crippen molar-refractivity contribution in [3.63, 3.8) is 0 Å². The van der Waals surface area contributed by atoms with Crippen LogP contribution >= 0.6 is 0 Å². The van der Waals surface area contributed by atoms with Gasteiger partial charge in [-0.3, -0.25) is 4.79 Å². The molecule has 0 unspecified atom stereocenters. The van der Waals surface area contributed by atoms with E-state index in [4.69, 9.17) is 0 Å². The summed E-state index contributed by atoms with van der Waals surface area (Å²) in [4.78, 5) is 13.5. The van der Waals surface area contributed by atoms with Gasteiger partial charge in [-0.2, -0.15) is 0 Å². The van der Waals surface area contributed by atoms with Crippen LogP contribution in [0, 0.1) is 0 Å². The molecular weight excluding hydrogens is 218 g/mol. The van der Waals surface area contributed by atoms with E-state index in [1.807, 2.05) is 6.07 Å². The molecule has 2 N–H and O–H groups in total. The Labute approximate surface area is 100 Å². The molecule has 0 aromatic carbocycles. The number of amides is 1. The monoisotopic (exact) mass is 235 g/mol. The van der Waals surface area contributed by atoms with E-state index >= 15 is 0 Å². The molecule has 0 aliphatic carbocycles. The number of aromatic nitrogens is 2. The lowest BCUT2D eigenvalue weighted by atomic mass is 10.2. The average molecular weight is 235 g/mol. The second kappa shape index (κ2) is 5.09. The summed E-state index contributed by atoms with van der Waals surface area (Å²) in [6, 6.07) is 3.99. The van der Waals surface area contributed by atoms with Gasteiger partial charge in [0.15, 0.2) is 11.5 Å². The molecule has 0 radical (unpaired) electrons. The number of hydrogen-bond acceptors (Lipinski definition) is 5. The number of rotatable bonds is 2. The van der Waals surface area contributed by atoms with Gasteiger partial charge in [0.05, 0.1) is 0 Å². The van der Waals surface area contributed by atoms with Gasteiger partial charge < -0.3 is 15.5 Å². The molecule has 17 heavy (non-hydrogen) atoms. The van der Waals surface area contributed by atoms with Crippen molar-refractivity contribution in [3.05, 3.63) is 17.8 Å². The lowest BCUT2D eigenvalue weighted by molar-refractivity contribution is 0.0957. The molecular formula is C11H17N5O. The first-order valence-electron chi connectivity index (χ1n) is 5.75. The fourth-order valence-electron chi connectivity index (χ4n) is 1.88. The van der Waals surface area contributed by atoms with Gasteiger partial charge in [0.2, 0.25) is 0 Å². The molecule has 2 heterocycles. The Bertz CT molecular complexity index is 391. The Hall–Kier alpha value is -1.69. The lowest BCUT2D eigenvalue weighted by Gasteiger charge is -2.32. The summed E-state index contributed by atoms with van der Waals surface area (Å²) in [7, 11) is 1.58. The van der Waals surface area contributed by atoms with Crippen LogP contribution in [0.1, 0.15) is 17.4 Å². The smallest absolute Gasteiger partial charge is 0.271 e. The molecule has 1 fully saturated rings. The van der Waals surface area contributed by atoms with E-state index in [9.17, 15) is 4.79 Å². The summed E-state index contributed by atoms with van der Waals surface area (Å²) < 4.78 is 0. The van der Waals surface area contributed by atoms with Gasteiger partial charge in [-0.25, -0.2) is 0 Å². The highest BCUT2D eigenvalue weighted by Crippen LogP contribution is 2.11. The number of anilines is 1. The standard InChI is InChI=1S/C11H17N5O/c1-8-7-16(6-5-13-8)10-4-3-9(14-15-10)11(17)12-2/h3-4,8,13H,5-7H2,1-2H3,(H,12,17)/t8-/m0/s1. The van der Waals surface area contributed by atoms with Crippen LogP contribution in [0.2, 0.25) is 0 Å². The highest BCUT2D eigenvalue weighted by molar-refractivity contribution is 5.91. The van der Waals surface area contributed by atoms with E-state index in [0.717, 1.165) is 25.5 Å². The maximum absolute atomic E-state index is 11.3. The Morgan fingerprint density at radius 2 is 2.35 bits per heavy atom. The van der Waals surface area contributed by atoms with Gasteiger partial charge in [0.1, 0.15) is 0 Å². The number of hydrogen-bond donors (Lipinski definition) is 2. The highest BCUT2D eigenvalue weighted by Gasteiger charge is 2.17. The summed E-state index contributed by atoms with van der Waals surface area (Å²) in [6.45, 7) is 4.91. The average Bonchev–Trinajstić information content (AvgIpc) is 2.38. The minimum Gasteiger partial charge on any atom is -0.354 e. The van der Waals surface area contributed by atoms with E-state index in [-0.39, 0.29) is 5.91 Å². The Morgan fingerprint density at radius 1 is 1.53 bits per heavy atom. The molecule has 1 aromatic heterocycles. The van der Waals surface area contributed by atoms with Gasteiger partial charge in [0.25, 0.3) is 5.91 Å². The van der Waals surface area contributed by atoms with Crippen molar-refractivity contribution in [1.29, 1.82) is 0 Å². The molecule has 1 saturated heterocycles. The fourth-order valence-corrected chi connectivity index (χ4v) is 1.88. The molecule has 2 rings (SSSR count). The Kier molecular flexibility index (Phi) is 3.53. The van der Waals surface area contributed by atoms with Crippen molar-refractivity contribution < 1.29 is 4.79 Å². The van der Waals surface area contributed by atoms with Gasteiger partial charge in [-0.15, -0.1) is 10.2 Å². The predicted octanol–water partition coefficient (Wildman–Crippen LogP) is -0.366. The largest absolute Gasteiger partial charge is 0.354 e. The summed E-state index contributed by atoms with van der Waals surface area (Å²) in [5.41, 5.74) is 0.347. The molecule has 1 amide bonds. The minimum atomic E-state index is -0.210. The second-order valence-electron chi connectivity index (χ2n) is 4.16. The topological polar surface area (TPSA) is 70.2 Å². The van der Waals surface area contributed by atoms with Crippen molar-refractivity contribution in [2.45, 2.75) is 13.0 Å². The van der Waals surface area contributed by atoms with Crippen LogP contribution in [0.4, 0.5) is 5.82 Å². The summed E-state index contributed by atoms with van der Waals surface area (Å²) in [5.74, 6) is 0.615. The van der Waals surface area contributed by atoms with E-state index in [0.29, 0.717) is 11.7 Å². The zero-order valence-corrected chi connectivity index (χ0v) is 10.1. The third-order valence-electron chi connectivity index (χ3n) is 2.80. The van der Waals surface area contributed by atoms with E-state index in [1.165, 1.54) is 0 Å². The normalized spacial score (nSPS) is 20.1. The Balaban J connectivity index is 2.09. The van der Waals surface area contributed by atoms with E-state index < -0.39 is 0 Å². The SMILES string of the molecule is CNC(=O)c1ccc(N2CCN[C@@H](C)C2)nn1. The molecule has 92 valence electrons. The van der Waals surface area contributed by atoms with Crippen molar-refractivity contribution >= 4 is 11.7 Å². The molecule has 0 saturated carbocycles. The maximum atomic E-state index is 11.3. The van der Waals surface area contributed by atoms with Crippen molar-refractivity contribution in [1.82, 2.24) is 20.8 Å². The first-order chi connectivity index (χ1) is 8.20. The molecule has 1 atom stereocenters. The number of nitrogens with zero attached hydrogens (tertiary/aromatic N) is 3. The van der Waals surface area contributed by atoms with Crippen molar-refractivity contribution in [2.75, 3.05) is 31.6 Å². The number of carbonyl (C=O) groups is 1. The van der Waals surface area contributed by atoms with Crippen molar-refractivity contribution in [3.8, 4) is 0 Å². The molecule has 6 nitrogen and oxygen atoms in total. The minimum absolute atomic E-state index is 0.210. The third-order valence-corrected chi connectivity index (χ3v) is 2.80. The molecule has 6 heteroatoms. The molecule has 0 bridgehead atoms. The van der Waals surface area contributed by atoms with Crippen LogP contribution in [0.5, 0.6) is 0 Å². The summed E-state index contributed by atoms with van der Waals surface area (Å²) >= 11 is 0. The second-order valence-corrected chi connectivity index (χ2v) is 4.16. The van der Waals surface area contributed by atoms with E-state index in [2.05, 4.69) is 32.7 Å². The quantitative estimate of drug-likeness (QED) is 0.732. The molecule has 1 aliphatic heterocycles. The first-order valence-corrected chi connectivity index (χ1v) is 5.75. The van der Waals surface area contributed by atoms with Crippen LogP contribution in [0.3, 0.4) is 0 Å². The molecule has 0 spiro atoms. The van der Waals surface area contributed by atoms with Crippen LogP contribution in [-0.4, -0.2) is 48.8 Å². The van der Waals surface area contributed by atoms with Gasteiger partial charge in [0, 0.05) is 32.7 Å². The zero-order valence-electron chi connectivity index (χ0n) is 10.1. The number of nitrogens with one attached hydrogen (secondary N) is 2. The molecule has 1 aliphatic rings. The van der Waals surface area contributed by atoms with Crippen LogP contribution in [0.25, 0.3) is 0 Å².